The third-order valence-electron chi connectivity index (χ3n) is 4.26. The van der Waals surface area contributed by atoms with Crippen molar-refractivity contribution in [2.45, 2.75) is 32.6 Å². The van der Waals surface area contributed by atoms with Gasteiger partial charge in [0.1, 0.15) is 0 Å². The Hall–Kier alpha value is -0.0800. The van der Waals surface area contributed by atoms with E-state index in [9.17, 15) is 0 Å². The molecule has 1 spiro atoms. The molecule has 2 aliphatic rings. The molecule has 76 valence electrons. The van der Waals surface area contributed by atoms with Crippen LogP contribution in [0.2, 0.25) is 0 Å². The van der Waals surface area contributed by atoms with Gasteiger partial charge in [0, 0.05) is 19.6 Å². The Morgan fingerprint density at radius 1 is 1.46 bits per heavy atom. The molecule has 0 radical (unpaired) electrons. The first-order valence-corrected chi connectivity index (χ1v) is 5.69. The molecule has 0 bridgehead atoms. The minimum Gasteiger partial charge on any atom is -0.329 e. The highest BCUT2D eigenvalue weighted by Gasteiger charge is 2.44. The highest BCUT2D eigenvalue weighted by molar-refractivity contribution is 4.97. The molecule has 1 atom stereocenters. The fourth-order valence-corrected chi connectivity index (χ4v) is 3.02. The van der Waals surface area contributed by atoms with Crippen molar-refractivity contribution in [3.05, 3.63) is 0 Å². The third kappa shape index (κ3) is 1.62. The molecule has 2 fully saturated rings. The van der Waals surface area contributed by atoms with Crippen LogP contribution in [0, 0.1) is 11.3 Å². The quantitative estimate of drug-likeness (QED) is 0.700. The third-order valence-corrected chi connectivity index (χ3v) is 4.26. The van der Waals surface area contributed by atoms with Crippen molar-refractivity contribution in [1.29, 1.82) is 0 Å². The summed E-state index contributed by atoms with van der Waals surface area (Å²) >= 11 is 0. The van der Waals surface area contributed by atoms with E-state index in [0.717, 1.165) is 19.0 Å². The zero-order valence-electron chi connectivity index (χ0n) is 8.76. The molecule has 13 heavy (non-hydrogen) atoms. The fourth-order valence-electron chi connectivity index (χ4n) is 3.02. The monoisotopic (exact) mass is 182 g/mol. The Morgan fingerprint density at radius 3 is 2.77 bits per heavy atom. The highest BCUT2D eigenvalue weighted by Crippen LogP contribution is 2.50. The second kappa shape index (κ2) is 3.58. The summed E-state index contributed by atoms with van der Waals surface area (Å²) in [7, 11) is 0. The Bertz CT molecular complexity index is 175. The Morgan fingerprint density at radius 2 is 2.23 bits per heavy atom. The van der Waals surface area contributed by atoms with Gasteiger partial charge in [0.2, 0.25) is 0 Å². The van der Waals surface area contributed by atoms with Crippen molar-refractivity contribution < 1.29 is 0 Å². The summed E-state index contributed by atoms with van der Waals surface area (Å²) in [5.74, 6) is 0.954. The first-order chi connectivity index (χ1) is 6.27. The van der Waals surface area contributed by atoms with Crippen LogP contribution >= 0.6 is 0 Å². The summed E-state index contributed by atoms with van der Waals surface area (Å²) in [5.41, 5.74) is 6.30. The van der Waals surface area contributed by atoms with Gasteiger partial charge in [-0.2, -0.15) is 0 Å². The van der Waals surface area contributed by atoms with Gasteiger partial charge in [-0.3, -0.25) is 0 Å². The molecule has 1 heterocycles. The van der Waals surface area contributed by atoms with Crippen molar-refractivity contribution in [3.8, 4) is 0 Å². The Balaban J connectivity index is 1.93. The van der Waals surface area contributed by atoms with Crippen LogP contribution in [0.1, 0.15) is 32.6 Å². The summed E-state index contributed by atoms with van der Waals surface area (Å²) < 4.78 is 0. The van der Waals surface area contributed by atoms with E-state index in [-0.39, 0.29) is 0 Å². The topological polar surface area (TPSA) is 29.3 Å². The molecule has 0 amide bonds. The van der Waals surface area contributed by atoms with Gasteiger partial charge in [-0.1, -0.05) is 13.3 Å². The van der Waals surface area contributed by atoms with E-state index >= 15 is 0 Å². The summed E-state index contributed by atoms with van der Waals surface area (Å²) in [5, 5.41) is 0. The van der Waals surface area contributed by atoms with Gasteiger partial charge in [-0.15, -0.1) is 0 Å². The van der Waals surface area contributed by atoms with Crippen molar-refractivity contribution in [3.63, 3.8) is 0 Å². The van der Waals surface area contributed by atoms with Crippen molar-refractivity contribution in [2.24, 2.45) is 17.1 Å². The minimum atomic E-state index is 0.702. The molecule has 1 aliphatic carbocycles. The lowest BCUT2D eigenvalue weighted by molar-refractivity contribution is -0.0270. The van der Waals surface area contributed by atoms with Crippen molar-refractivity contribution in [1.82, 2.24) is 4.90 Å². The maximum Gasteiger partial charge on any atom is 0.0105 e. The van der Waals surface area contributed by atoms with E-state index in [4.69, 9.17) is 5.73 Å². The largest absolute Gasteiger partial charge is 0.329 e. The normalized spacial score (nSPS) is 33.2. The lowest BCUT2D eigenvalue weighted by Crippen LogP contribution is -2.52. The maximum absolute atomic E-state index is 5.60. The molecular weight excluding hydrogens is 160 g/mol. The van der Waals surface area contributed by atoms with Crippen LogP contribution in [0.5, 0.6) is 0 Å². The van der Waals surface area contributed by atoms with Crippen molar-refractivity contribution in [2.75, 3.05) is 26.2 Å². The van der Waals surface area contributed by atoms with Crippen LogP contribution in [-0.4, -0.2) is 31.1 Å². The van der Waals surface area contributed by atoms with Crippen LogP contribution in [0.25, 0.3) is 0 Å². The Kier molecular flexibility index (Phi) is 2.61. The summed E-state index contributed by atoms with van der Waals surface area (Å²) in [4.78, 5) is 2.57. The van der Waals surface area contributed by atoms with E-state index in [1.807, 2.05) is 0 Å². The van der Waals surface area contributed by atoms with E-state index in [1.165, 1.54) is 38.8 Å². The average Bonchev–Trinajstić information content (AvgIpc) is 2.06. The molecule has 0 aromatic carbocycles. The average molecular weight is 182 g/mol. The van der Waals surface area contributed by atoms with Gasteiger partial charge >= 0.3 is 0 Å². The molecule has 2 heteroatoms. The fraction of sp³-hybridized carbons (Fsp3) is 1.00. The smallest absolute Gasteiger partial charge is 0.0105 e. The molecular formula is C11H22N2. The van der Waals surface area contributed by atoms with Gasteiger partial charge in [-0.05, 0) is 37.1 Å². The van der Waals surface area contributed by atoms with E-state index in [0.29, 0.717) is 5.41 Å². The molecule has 1 saturated carbocycles. The van der Waals surface area contributed by atoms with Gasteiger partial charge in [0.15, 0.2) is 0 Å². The van der Waals surface area contributed by atoms with Crippen LogP contribution in [0.15, 0.2) is 0 Å². The number of nitrogens with zero attached hydrogens (tertiary/aromatic N) is 1. The van der Waals surface area contributed by atoms with Crippen LogP contribution < -0.4 is 5.73 Å². The second-order valence-corrected chi connectivity index (χ2v) is 4.97. The molecule has 1 aliphatic heterocycles. The molecule has 2 rings (SSSR count). The minimum absolute atomic E-state index is 0.702. The molecule has 2 N–H and O–H groups in total. The van der Waals surface area contributed by atoms with Gasteiger partial charge < -0.3 is 10.6 Å². The number of hydrogen-bond acceptors (Lipinski definition) is 2. The summed E-state index contributed by atoms with van der Waals surface area (Å²) in [6, 6.07) is 0. The van der Waals surface area contributed by atoms with E-state index in [1.54, 1.807) is 0 Å². The molecule has 1 unspecified atom stereocenters. The van der Waals surface area contributed by atoms with E-state index in [2.05, 4.69) is 11.8 Å². The first-order valence-electron chi connectivity index (χ1n) is 5.69. The van der Waals surface area contributed by atoms with Crippen LogP contribution in [-0.2, 0) is 0 Å². The number of piperidine rings is 1. The zero-order valence-corrected chi connectivity index (χ0v) is 8.76. The maximum atomic E-state index is 5.60. The van der Waals surface area contributed by atoms with Gasteiger partial charge in [-0.25, -0.2) is 0 Å². The molecule has 2 nitrogen and oxygen atoms in total. The van der Waals surface area contributed by atoms with Crippen molar-refractivity contribution >= 4 is 0 Å². The number of rotatable bonds is 2. The molecule has 0 aromatic heterocycles. The predicted octanol–water partition coefficient (Wildman–Crippen LogP) is 1.46. The Labute approximate surface area is 81.5 Å². The SMILES string of the molecule is CC1CCN(CCN)CC12CCC2. The number of hydrogen-bond donors (Lipinski definition) is 1. The number of likely N-dealkylation sites (tertiary alicyclic amines) is 1. The first kappa shape index (κ1) is 9.47. The van der Waals surface area contributed by atoms with Gasteiger partial charge in [0.25, 0.3) is 0 Å². The summed E-state index contributed by atoms with van der Waals surface area (Å²) in [6.45, 7) is 6.98. The lowest BCUT2D eigenvalue weighted by Gasteiger charge is -2.53. The standard InChI is InChI=1S/C11H22N2/c1-10-3-7-13(8-6-12)9-11(10)4-2-5-11/h10H,2-9,12H2,1H3. The predicted molar refractivity (Wildman–Crippen MR) is 55.6 cm³/mol. The highest BCUT2D eigenvalue weighted by atomic mass is 15.1. The zero-order chi connectivity index (χ0) is 9.31. The lowest BCUT2D eigenvalue weighted by atomic mass is 9.59. The number of nitrogens with two attached hydrogens (primary N) is 1. The molecule has 1 saturated heterocycles. The van der Waals surface area contributed by atoms with Gasteiger partial charge in [0.05, 0.1) is 0 Å². The summed E-state index contributed by atoms with van der Waals surface area (Å²) in [6.07, 6.45) is 5.78. The second-order valence-electron chi connectivity index (χ2n) is 4.97. The van der Waals surface area contributed by atoms with Crippen LogP contribution in [0.4, 0.5) is 0 Å². The van der Waals surface area contributed by atoms with Crippen LogP contribution in [0.3, 0.4) is 0 Å². The van der Waals surface area contributed by atoms with E-state index < -0.39 is 0 Å². The molecule has 0 aromatic rings.